The van der Waals surface area contributed by atoms with Gasteiger partial charge < -0.3 is 15.0 Å². The number of thioether (sulfide) groups is 1. The molecule has 25 heavy (non-hydrogen) atoms. The fraction of sp³-hybridized carbons (Fsp3) is 0.438. The Bertz CT molecular complexity index is 716. The summed E-state index contributed by atoms with van der Waals surface area (Å²) in [6, 6.07) is 6.14. The van der Waals surface area contributed by atoms with Crippen molar-refractivity contribution in [1.82, 2.24) is 19.7 Å². The topological polar surface area (TPSA) is 86.3 Å². The lowest BCUT2D eigenvalue weighted by Gasteiger charge is -2.27. The Morgan fingerprint density at radius 2 is 1.92 bits per heavy atom. The Morgan fingerprint density at radius 3 is 2.60 bits per heavy atom. The van der Waals surface area contributed by atoms with Crippen molar-refractivity contribution in [3.63, 3.8) is 0 Å². The molecular weight excluding hydrogens is 345 g/mol. The number of ether oxygens (including phenoxy) is 1. The zero-order valence-corrected chi connectivity index (χ0v) is 14.5. The van der Waals surface area contributed by atoms with Crippen LogP contribution in [-0.4, -0.2) is 64.2 Å². The molecule has 1 aromatic heterocycles. The van der Waals surface area contributed by atoms with Crippen molar-refractivity contribution in [1.29, 1.82) is 0 Å². The summed E-state index contributed by atoms with van der Waals surface area (Å²) in [5, 5.41) is 9.04. The van der Waals surface area contributed by atoms with Crippen LogP contribution in [0.3, 0.4) is 0 Å². The second kappa shape index (κ2) is 8.41. The number of benzene rings is 1. The van der Waals surface area contributed by atoms with Crippen LogP contribution in [0.2, 0.25) is 0 Å². The van der Waals surface area contributed by atoms with Crippen molar-refractivity contribution in [2.45, 2.75) is 11.7 Å². The molecule has 1 aliphatic heterocycles. The molecule has 0 bridgehead atoms. The molecule has 0 unspecified atom stereocenters. The number of carbonyl (C=O) groups is 1. The van der Waals surface area contributed by atoms with Gasteiger partial charge in [0.1, 0.15) is 5.82 Å². The lowest BCUT2D eigenvalue weighted by atomic mass is 10.2. The number of morpholine rings is 1. The van der Waals surface area contributed by atoms with E-state index in [-0.39, 0.29) is 11.6 Å². The van der Waals surface area contributed by atoms with E-state index in [1.165, 1.54) is 23.9 Å². The molecule has 1 fully saturated rings. The maximum atomic E-state index is 13.2. The number of carbonyl (C=O) groups excluding carboxylic acids is 1. The minimum Gasteiger partial charge on any atom is -0.379 e. The summed E-state index contributed by atoms with van der Waals surface area (Å²) in [6.07, 6.45) is 0. The Hall–Kier alpha value is -1.97. The molecule has 9 heteroatoms. The number of aromatic nitrogens is 3. The van der Waals surface area contributed by atoms with E-state index in [9.17, 15) is 9.18 Å². The van der Waals surface area contributed by atoms with Gasteiger partial charge in [-0.2, -0.15) is 0 Å². The highest BCUT2D eigenvalue weighted by atomic mass is 32.2. The molecule has 2 N–H and O–H groups in total. The van der Waals surface area contributed by atoms with Gasteiger partial charge in [-0.1, -0.05) is 11.8 Å². The molecule has 0 aliphatic carbocycles. The predicted octanol–water partition coefficient (Wildman–Crippen LogP) is 0.994. The van der Waals surface area contributed by atoms with Gasteiger partial charge in [-0.3, -0.25) is 9.69 Å². The third-order valence-electron chi connectivity index (χ3n) is 3.91. The van der Waals surface area contributed by atoms with Gasteiger partial charge in [-0.15, -0.1) is 10.2 Å². The molecule has 0 spiro atoms. The summed E-state index contributed by atoms with van der Waals surface area (Å²) >= 11 is 1.26. The van der Waals surface area contributed by atoms with E-state index >= 15 is 0 Å². The normalized spacial score (nSPS) is 15.4. The Balaban J connectivity index is 1.80. The average Bonchev–Trinajstić information content (AvgIpc) is 3.02. The van der Waals surface area contributed by atoms with Crippen molar-refractivity contribution in [3.05, 3.63) is 30.1 Å². The highest BCUT2D eigenvalue weighted by molar-refractivity contribution is 7.99. The van der Waals surface area contributed by atoms with E-state index < -0.39 is 5.91 Å². The van der Waals surface area contributed by atoms with Crippen LogP contribution < -0.4 is 5.73 Å². The van der Waals surface area contributed by atoms with Crippen LogP contribution in [0, 0.1) is 5.82 Å². The predicted molar refractivity (Wildman–Crippen MR) is 92.6 cm³/mol. The molecular formula is C16H20FN5O2S. The van der Waals surface area contributed by atoms with Crippen molar-refractivity contribution < 1.29 is 13.9 Å². The minimum atomic E-state index is -0.406. The van der Waals surface area contributed by atoms with Crippen LogP contribution in [0.1, 0.15) is 0 Å². The van der Waals surface area contributed by atoms with Crippen LogP contribution in [0.25, 0.3) is 11.4 Å². The first kappa shape index (κ1) is 17.8. The maximum Gasteiger partial charge on any atom is 0.227 e. The summed E-state index contributed by atoms with van der Waals surface area (Å²) in [5.41, 5.74) is 6.01. The van der Waals surface area contributed by atoms with Gasteiger partial charge in [-0.25, -0.2) is 4.39 Å². The van der Waals surface area contributed by atoms with E-state index in [1.54, 1.807) is 12.1 Å². The van der Waals surface area contributed by atoms with Crippen molar-refractivity contribution in [2.75, 3.05) is 38.6 Å². The number of halogens is 1. The number of rotatable bonds is 7. The molecule has 134 valence electrons. The van der Waals surface area contributed by atoms with Crippen LogP contribution in [-0.2, 0) is 16.1 Å². The highest BCUT2D eigenvalue weighted by Crippen LogP contribution is 2.24. The third-order valence-corrected chi connectivity index (χ3v) is 4.90. The zero-order valence-electron chi connectivity index (χ0n) is 13.7. The summed E-state index contributed by atoms with van der Waals surface area (Å²) in [7, 11) is 0. The van der Waals surface area contributed by atoms with Gasteiger partial charge in [0.2, 0.25) is 5.91 Å². The number of primary amides is 1. The molecule has 0 atom stereocenters. The molecule has 1 saturated heterocycles. The first-order valence-electron chi connectivity index (χ1n) is 8.04. The maximum absolute atomic E-state index is 13.2. The molecule has 1 aromatic carbocycles. The lowest BCUT2D eigenvalue weighted by Crippen LogP contribution is -2.38. The van der Waals surface area contributed by atoms with Crippen LogP contribution in [0.4, 0.5) is 4.39 Å². The standard InChI is InChI=1S/C16H20FN5O2S/c17-13-3-1-12(2-4-13)15-19-20-16(25-11-14(18)23)22(15)6-5-21-7-9-24-10-8-21/h1-4H,5-11H2,(H2,18,23). The number of nitrogens with two attached hydrogens (primary N) is 1. The summed E-state index contributed by atoms with van der Waals surface area (Å²) in [5.74, 6) is 0.0850. The number of amides is 1. The smallest absolute Gasteiger partial charge is 0.227 e. The second-order valence-electron chi connectivity index (χ2n) is 5.67. The number of hydrogen-bond donors (Lipinski definition) is 1. The first-order valence-corrected chi connectivity index (χ1v) is 9.02. The monoisotopic (exact) mass is 365 g/mol. The quantitative estimate of drug-likeness (QED) is 0.737. The molecule has 3 rings (SSSR count). The molecule has 2 aromatic rings. The van der Waals surface area contributed by atoms with E-state index in [4.69, 9.17) is 10.5 Å². The summed E-state index contributed by atoms with van der Waals surface area (Å²) in [4.78, 5) is 13.4. The van der Waals surface area contributed by atoms with Crippen molar-refractivity contribution in [2.24, 2.45) is 5.73 Å². The number of hydrogen-bond acceptors (Lipinski definition) is 6. The van der Waals surface area contributed by atoms with Gasteiger partial charge in [0.05, 0.1) is 19.0 Å². The third kappa shape index (κ3) is 4.77. The van der Waals surface area contributed by atoms with E-state index in [1.807, 2.05) is 4.57 Å². The Kier molecular flexibility index (Phi) is 6.00. The van der Waals surface area contributed by atoms with Crippen LogP contribution in [0.15, 0.2) is 29.4 Å². The minimum absolute atomic E-state index is 0.138. The van der Waals surface area contributed by atoms with Gasteiger partial charge in [0, 0.05) is 31.7 Å². The molecule has 7 nitrogen and oxygen atoms in total. The van der Waals surface area contributed by atoms with Crippen molar-refractivity contribution in [3.8, 4) is 11.4 Å². The Labute approximate surface area is 149 Å². The first-order chi connectivity index (χ1) is 12.1. The van der Waals surface area contributed by atoms with Crippen molar-refractivity contribution >= 4 is 17.7 Å². The van der Waals surface area contributed by atoms with Crippen LogP contribution in [0.5, 0.6) is 0 Å². The van der Waals surface area contributed by atoms with Gasteiger partial charge in [0.15, 0.2) is 11.0 Å². The van der Waals surface area contributed by atoms with Gasteiger partial charge in [0.25, 0.3) is 0 Å². The average molecular weight is 365 g/mol. The molecule has 1 amide bonds. The molecule has 0 saturated carbocycles. The fourth-order valence-corrected chi connectivity index (χ4v) is 3.31. The molecule has 0 radical (unpaired) electrons. The lowest BCUT2D eigenvalue weighted by molar-refractivity contribution is -0.115. The van der Waals surface area contributed by atoms with E-state index in [0.717, 1.165) is 38.4 Å². The highest BCUT2D eigenvalue weighted by Gasteiger charge is 2.17. The second-order valence-corrected chi connectivity index (χ2v) is 6.62. The largest absolute Gasteiger partial charge is 0.379 e. The van der Waals surface area contributed by atoms with Gasteiger partial charge >= 0.3 is 0 Å². The molecule has 2 heterocycles. The van der Waals surface area contributed by atoms with Gasteiger partial charge in [-0.05, 0) is 24.3 Å². The van der Waals surface area contributed by atoms with E-state index in [0.29, 0.717) is 17.5 Å². The number of nitrogens with zero attached hydrogens (tertiary/aromatic N) is 4. The SMILES string of the molecule is NC(=O)CSc1nnc(-c2ccc(F)cc2)n1CCN1CCOCC1. The summed E-state index contributed by atoms with van der Waals surface area (Å²) in [6.45, 7) is 4.72. The fourth-order valence-electron chi connectivity index (χ4n) is 2.61. The molecule has 1 aliphatic rings. The summed E-state index contributed by atoms with van der Waals surface area (Å²) < 4.78 is 20.5. The van der Waals surface area contributed by atoms with Crippen LogP contribution >= 0.6 is 11.8 Å². The Morgan fingerprint density at radius 1 is 1.20 bits per heavy atom. The zero-order chi connectivity index (χ0) is 17.6. The van der Waals surface area contributed by atoms with E-state index in [2.05, 4.69) is 15.1 Å².